The highest BCUT2D eigenvalue weighted by atomic mass is 15.1. The maximum absolute atomic E-state index is 2.42. The van der Waals surface area contributed by atoms with Crippen LogP contribution < -0.4 is 4.90 Å². The molecule has 0 N–H and O–H groups in total. The highest BCUT2D eigenvalue weighted by molar-refractivity contribution is 5.96. The molecule has 262 valence electrons. The van der Waals surface area contributed by atoms with E-state index in [0.717, 1.165) is 17.1 Å². The molecule has 2 aliphatic carbocycles. The van der Waals surface area contributed by atoms with Crippen LogP contribution in [0.1, 0.15) is 22.3 Å². The molecule has 56 heavy (non-hydrogen) atoms. The first kappa shape index (κ1) is 32.2. The summed E-state index contributed by atoms with van der Waals surface area (Å²) in [6.07, 6.45) is 0. The summed E-state index contributed by atoms with van der Waals surface area (Å²) in [5.74, 6) is 0. The number of hydrogen-bond acceptors (Lipinski definition) is 1. The second-order valence-electron chi connectivity index (χ2n) is 14.9. The van der Waals surface area contributed by atoms with Gasteiger partial charge in [-0.25, -0.2) is 0 Å². The Morgan fingerprint density at radius 3 is 1.16 bits per heavy atom. The predicted octanol–water partition coefficient (Wildman–Crippen LogP) is 14.5. The lowest BCUT2D eigenvalue weighted by molar-refractivity contribution is 0.794. The van der Waals surface area contributed by atoms with E-state index < -0.39 is 0 Å². The van der Waals surface area contributed by atoms with Crippen LogP contribution in [0.3, 0.4) is 0 Å². The van der Waals surface area contributed by atoms with Gasteiger partial charge >= 0.3 is 0 Å². The van der Waals surface area contributed by atoms with Crippen molar-refractivity contribution in [2.24, 2.45) is 0 Å². The number of rotatable bonds is 6. The number of anilines is 3. The van der Waals surface area contributed by atoms with E-state index in [1.807, 2.05) is 0 Å². The molecule has 0 saturated heterocycles. The summed E-state index contributed by atoms with van der Waals surface area (Å²) in [5, 5.41) is 0. The zero-order valence-corrected chi connectivity index (χ0v) is 30.8. The van der Waals surface area contributed by atoms with Gasteiger partial charge in [-0.2, -0.15) is 0 Å². The van der Waals surface area contributed by atoms with E-state index in [9.17, 15) is 0 Å². The Balaban J connectivity index is 1.01. The van der Waals surface area contributed by atoms with Gasteiger partial charge in [0.05, 0.1) is 5.41 Å². The van der Waals surface area contributed by atoms with Gasteiger partial charge < -0.3 is 4.90 Å². The maximum atomic E-state index is 2.42. The highest BCUT2D eigenvalue weighted by Crippen LogP contribution is 2.63. The summed E-state index contributed by atoms with van der Waals surface area (Å²) in [6, 6.07) is 82.2. The largest absolute Gasteiger partial charge is 0.310 e. The van der Waals surface area contributed by atoms with Crippen LogP contribution in [0.5, 0.6) is 0 Å². The van der Waals surface area contributed by atoms with Crippen molar-refractivity contribution in [1.82, 2.24) is 0 Å². The maximum Gasteiger partial charge on any atom is 0.0725 e. The fraction of sp³-hybridized carbons (Fsp3) is 0.0182. The molecule has 1 nitrogen and oxygen atoms in total. The summed E-state index contributed by atoms with van der Waals surface area (Å²) in [6.45, 7) is 0. The lowest BCUT2D eigenvalue weighted by Crippen LogP contribution is -2.25. The molecule has 0 unspecified atom stereocenters. The lowest BCUT2D eigenvalue weighted by atomic mass is 9.70. The Kier molecular flexibility index (Phi) is 7.47. The van der Waals surface area contributed by atoms with Crippen molar-refractivity contribution in [1.29, 1.82) is 0 Å². The van der Waals surface area contributed by atoms with Crippen LogP contribution in [0.15, 0.2) is 224 Å². The quantitative estimate of drug-likeness (QED) is 0.166. The van der Waals surface area contributed by atoms with E-state index >= 15 is 0 Å². The zero-order valence-electron chi connectivity index (χ0n) is 30.8. The number of hydrogen-bond donors (Lipinski definition) is 0. The average Bonchev–Trinajstić information content (AvgIpc) is 3.75. The van der Waals surface area contributed by atoms with Gasteiger partial charge in [-0.3, -0.25) is 0 Å². The topological polar surface area (TPSA) is 3.24 Å². The third-order valence-corrected chi connectivity index (χ3v) is 11.9. The molecule has 11 rings (SSSR count). The van der Waals surface area contributed by atoms with Gasteiger partial charge in [0, 0.05) is 17.1 Å². The monoisotopic (exact) mass is 711 g/mol. The first-order valence-electron chi connectivity index (χ1n) is 19.4. The van der Waals surface area contributed by atoms with Gasteiger partial charge in [0.25, 0.3) is 0 Å². The van der Waals surface area contributed by atoms with Crippen LogP contribution in [0.4, 0.5) is 17.1 Å². The fourth-order valence-electron chi connectivity index (χ4n) is 9.42. The standard InChI is InChI=1S/C55H37N/c1-3-14-38(15-4-1)40-26-31-44(32-27-40)56(46-19-13-18-42(36-46)39-16-5-2-6-17-39)45-33-28-41(29-34-45)43-30-35-54-50(37-43)49-22-9-12-25-53(49)55(54)51-23-10-7-20-47(51)48-21-8-11-24-52(48)55/h1-37H. The predicted molar refractivity (Wildman–Crippen MR) is 234 cm³/mol. The minimum atomic E-state index is -0.327. The fourth-order valence-corrected chi connectivity index (χ4v) is 9.42. The Bertz CT molecular complexity index is 2840. The van der Waals surface area contributed by atoms with Crippen molar-refractivity contribution in [2.75, 3.05) is 4.90 Å². The van der Waals surface area contributed by atoms with Gasteiger partial charge in [-0.15, -0.1) is 0 Å². The van der Waals surface area contributed by atoms with Crippen molar-refractivity contribution in [3.63, 3.8) is 0 Å². The molecule has 0 fully saturated rings. The van der Waals surface area contributed by atoms with Gasteiger partial charge in [0.2, 0.25) is 0 Å². The van der Waals surface area contributed by atoms with Crippen LogP contribution >= 0.6 is 0 Å². The molecule has 1 heteroatoms. The summed E-state index contributed by atoms with van der Waals surface area (Å²) in [7, 11) is 0. The van der Waals surface area contributed by atoms with E-state index in [4.69, 9.17) is 0 Å². The zero-order chi connectivity index (χ0) is 37.1. The molecule has 1 spiro atoms. The minimum absolute atomic E-state index is 0.327. The number of benzene rings is 9. The molecule has 0 aromatic heterocycles. The number of fused-ring (bicyclic) bond motifs is 10. The molecule has 0 heterocycles. The van der Waals surface area contributed by atoms with Crippen LogP contribution in [0.25, 0.3) is 55.6 Å². The van der Waals surface area contributed by atoms with Gasteiger partial charge in [0.1, 0.15) is 0 Å². The highest BCUT2D eigenvalue weighted by Gasteiger charge is 2.51. The second kappa shape index (κ2) is 13.0. The van der Waals surface area contributed by atoms with Crippen molar-refractivity contribution >= 4 is 17.1 Å². The Hall–Kier alpha value is -7.22. The van der Waals surface area contributed by atoms with Gasteiger partial charge in [0.15, 0.2) is 0 Å². The van der Waals surface area contributed by atoms with E-state index in [0.29, 0.717) is 0 Å². The van der Waals surface area contributed by atoms with E-state index in [1.54, 1.807) is 0 Å². The smallest absolute Gasteiger partial charge is 0.0725 e. The van der Waals surface area contributed by atoms with Gasteiger partial charge in [-0.1, -0.05) is 182 Å². The third kappa shape index (κ3) is 4.95. The molecule has 9 aromatic carbocycles. The third-order valence-electron chi connectivity index (χ3n) is 11.9. The van der Waals surface area contributed by atoms with Crippen LogP contribution in [0.2, 0.25) is 0 Å². The summed E-state index contributed by atoms with van der Waals surface area (Å²) in [4.78, 5) is 2.36. The van der Waals surface area contributed by atoms with E-state index in [-0.39, 0.29) is 5.41 Å². The van der Waals surface area contributed by atoms with Crippen LogP contribution in [0, 0.1) is 0 Å². The first-order valence-corrected chi connectivity index (χ1v) is 19.4. The Morgan fingerprint density at radius 1 is 0.232 bits per heavy atom. The molecule has 0 radical (unpaired) electrons. The SMILES string of the molecule is c1ccc(-c2ccc(N(c3ccc(-c4ccc5c(c4)-c4ccccc4C54c5ccccc5-c5ccccc54)cc3)c3cccc(-c4ccccc4)c3)cc2)cc1. The lowest BCUT2D eigenvalue weighted by Gasteiger charge is -2.30. The average molecular weight is 712 g/mol. The van der Waals surface area contributed by atoms with Crippen LogP contribution in [-0.4, -0.2) is 0 Å². The molecule has 0 aliphatic heterocycles. The molecule has 2 aliphatic rings. The summed E-state index contributed by atoms with van der Waals surface area (Å²) < 4.78 is 0. The Labute approximate surface area is 328 Å². The molecular formula is C55H37N. The molecule has 0 atom stereocenters. The van der Waals surface area contributed by atoms with Crippen molar-refractivity contribution in [3.05, 3.63) is 247 Å². The molecular weight excluding hydrogens is 675 g/mol. The number of nitrogens with zero attached hydrogens (tertiary/aromatic N) is 1. The minimum Gasteiger partial charge on any atom is -0.310 e. The van der Waals surface area contributed by atoms with Crippen molar-refractivity contribution < 1.29 is 0 Å². The van der Waals surface area contributed by atoms with Gasteiger partial charge in [-0.05, 0) is 120 Å². The van der Waals surface area contributed by atoms with Crippen molar-refractivity contribution in [2.45, 2.75) is 5.41 Å². The summed E-state index contributed by atoms with van der Waals surface area (Å²) >= 11 is 0. The van der Waals surface area contributed by atoms with E-state index in [1.165, 1.54) is 77.9 Å². The Morgan fingerprint density at radius 2 is 0.607 bits per heavy atom. The second-order valence-corrected chi connectivity index (χ2v) is 14.9. The first-order chi connectivity index (χ1) is 27.8. The summed E-state index contributed by atoms with van der Waals surface area (Å²) in [5.41, 5.74) is 21.0. The van der Waals surface area contributed by atoms with Crippen molar-refractivity contribution in [3.8, 4) is 55.6 Å². The molecule has 0 amide bonds. The molecule has 0 saturated carbocycles. The van der Waals surface area contributed by atoms with E-state index in [2.05, 4.69) is 229 Å². The molecule has 0 bridgehead atoms. The van der Waals surface area contributed by atoms with Crippen LogP contribution in [-0.2, 0) is 5.41 Å². The normalized spacial score (nSPS) is 12.8. The molecule has 9 aromatic rings.